The Morgan fingerprint density at radius 2 is 1.69 bits per heavy atom. The van der Waals surface area contributed by atoms with Crippen molar-refractivity contribution in [3.8, 4) is 0 Å². The van der Waals surface area contributed by atoms with Gasteiger partial charge < -0.3 is 15.5 Å². The second-order valence-corrected chi connectivity index (χ2v) is 6.65. The van der Waals surface area contributed by atoms with Crippen molar-refractivity contribution in [1.29, 1.82) is 0 Å². The first-order valence-corrected chi connectivity index (χ1v) is 8.79. The lowest BCUT2D eigenvalue weighted by molar-refractivity contribution is 0.375. The molecule has 0 saturated carbocycles. The van der Waals surface area contributed by atoms with E-state index in [2.05, 4.69) is 55.3 Å². The average molecular weight is 346 g/mol. The number of aliphatic imine (C=N–C) groups is 1. The Kier molecular flexibility index (Phi) is 4.85. The molecule has 134 valence electrons. The number of anilines is 1. The van der Waals surface area contributed by atoms with Crippen molar-refractivity contribution < 1.29 is 0 Å². The maximum Gasteiger partial charge on any atom is 0.160 e. The molecule has 3 rings (SSSR count). The fraction of sp³-hybridized carbons (Fsp3) is 0.227. The summed E-state index contributed by atoms with van der Waals surface area (Å²) in [5.41, 5.74) is 12.1. The van der Waals surface area contributed by atoms with Crippen LogP contribution in [0.1, 0.15) is 23.6 Å². The Balaban J connectivity index is 2.13. The quantitative estimate of drug-likeness (QED) is 0.902. The molecule has 1 aliphatic rings. The first kappa shape index (κ1) is 17.8. The lowest BCUT2D eigenvalue weighted by Gasteiger charge is -2.27. The summed E-state index contributed by atoms with van der Waals surface area (Å²) in [7, 11) is 2.04. The van der Waals surface area contributed by atoms with Crippen molar-refractivity contribution in [2.45, 2.75) is 26.9 Å². The average Bonchev–Trinajstić information content (AvgIpc) is 2.86. The molecule has 0 radical (unpaired) electrons. The highest BCUT2D eigenvalue weighted by atomic mass is 15.4. The summed E-state index contributed by atoms with van der Waals surface area (Å²) in [4.78, 5) is 9.27. The predicted octanol–water partition coefficient (Wildman–Crippen LogP) is 4.27. The predicted molar refractivity (Wildman–Crippen MR) is 111 cm³/mol. The van der Waals surface area contributed by atoms with Crippen LogP contribution in [0.3, 0.4) is 0 Å². The number of hydrogen-bond donors (Lipinski definition) is 1. The summed E-state index contributed by atoms with van der Waals surface area (Å²) >= 11 is 0. The number of benzene rings is 2. The van der Waals surface area contributed by atoms with E-state index in [0.717, 1.165) is 34.0 Å². The minimum absolute atomic E-state index is 0.106. The third-order valence-corrected chi connectivity index (χ3v) is 5.00. The maximum atomic E-state index is 5.96. The minimum Gasteiger partial charge on any atom is -0.403 e. The van der Waals surface area contributed by atoms with Gasteiger partial charge in [-0.25, -0.2) is 4.99 Å². The van der Waals surface area contributed by atoms with Crippen molar-refractivity contribution in [1.82, 2.24) is 4.90 Å². The van der Waals surface area contributed by atoms with Crippen LogP contribution in [-0.4, -0.2) is 23.9 Å². The van der Waals surface area contributed by atoms with Crippen LogP contribution in [0.2, 0.25) is 0 Å². The molecule has 0 amide bonds. The maximum absolute atomic E-state index is 5.96. The molecule has 2 aromatic rings. The Hall–Kier alpha value is -3.01. The van der Waals surface area contributed by atoms with Crippen molar-refractivity contribution in [3.63, 3.8) is 0 Å². The molecule has 4 nitrogen and oxygen atoms in total. The molecule has 2 aromatic carbocycles. The Labute approximate surface area is 156 Å². The number of likely N-dealkylation sites (N-methyl/N-ethyl adjacent to an activating group) is 1. The second kappa shape index (κ2) is 7.08. The highest BCUT2D eigenvalue weighted by Crippen LogP contribution is 2.33. The molecule has 1 atom stereocenters. The van der Waals surface area contributed by atoms with Crippen LogP contribution in [0.5, 0.6) is 0 Å². The van der Waals surface area contributed by atoms with E-state index >= 15 is 0 Å². The smallest absolute Gasteiger partial charge is 0.160 e. The largest absolute Gasteiger partial charge is 0.403 e. The van der Waals surface area contributed by atoms with E-state index in [4.69, 9.17) is 10.7 Å². The summed E-state index contributed by atoms with van der Waals surface area (Å²) in [6.07, 6.45) is 1.73. The first-order valence-electron chi connectivity index (χ1n) is 8.79. The number of amidine groups is 1. The Morgan fingerprint density at radius 3 is 2.31 bits per heavy atom. The molecule has 1 fully saturated rings. The number of aryl methyl sites for hydroxylation is 2. The molecule has 1 aliphatic heterocycles. The van der Waals surface area contributed by atoms with Crippen LogP contribution < -0.4 is 10.6 Å². The first-order chi connectivity index (χ1) is 12.5. The van der Waals surface area contributed by atoms with Crippen LogP contribution in [-0.2, 0) is 0 Å². The van der Waals surface area contributed by atoms with Gasteiger partial charge >= 0.3 is 0 Å². The van der Waals surface area contributed by atoms with E-state index in [9.17, 15) is 0 Å². The van der Waals surface area contributed by atoms with Gasteiger partial charge in [0.2, 0.25) is 0 Å². The van der Waals surface area contributed by atoms with Gasteiger partial charge in [-0.05, 0) is 38.0 Å². The molecule has 2 N–H and O–H groups in total. The fourth-order valence-corrected chi connectivity index (χ4v) is 3.37. The number of rotatable bonds is 3. The van der Waals surface area contributed by atoms with Crippen molar-refractivity contribution >= 4 is 17.2 Å². The van der Waals surface area contributed by atoms with Gasteiger partial charge in [-0.3, -0.25) is 0 Å². The van der Waals surface area contributed by atoms with Crippen LogP contribution in [0.25, 0.3) is 5.70 Å². The van der Waals surface area contributed by atoms with Gasteiger partial charge in [-0.2, -0.15) is 0 Å². The van der Waals surface area contributed by atoms with Gasteiger partial charge in [-0.1, -0.05) is 49.0 Å². The monoisotopic (exact) mass is 346 g/mol. The molecule has 0 aliphatic carbocycles. The van der Waals surface area contributed by atoms with Crippen LogP contribution in [0, 0.1) is 13.8 Å². The Morgan fingerprint density at radius 1 is 1.08 bits per heavy atom. The molecule has 26 heavy (non-hydrogen) atoms. The normalized spacial score (nSPS) is 20.2. The van der Waals surface area contributed by atoms with E-state index < -0.39 is 0 Å². The summed E-state index contributed by atoms with van der Waals surface area (Å²) in [6, 6.07) is 16.5. The van der Waals surface area contributed by atoms with E-state index in [0.29, 0.717) is 0 Å². The molecule has 1 unspecified atom stereocenters. The van der Waals surface area contributed by atoms with Crippen molar-refractivity contribution in [3.05, 3.63) is 83.7 Å². The second-order valence-electron chi connectivity index (χ2n) is 6.65. The third-order valence-electron chi connectivity index (χ3n) is 5.00. The van der Waals surface area contributed by atoms with Gasteiger partial charge in [0.25, 0.3) is 0 Å². The molecule has 0 spiro atoms. The van der Waals surface area contributed by atoms with Crippen LogP contribution in [0.4, 0.5) is 5.69 Å². The van der Waals surface area contributed by atoms with E-state index in [1.165, 1.54) is 5.56 Å². The van der Waals surface area contributed by atoms with E-state index in [1.54, 1.807) is 6.20 Å². The fourth-order valence-electron chi connectivity index (χ4n) is 3.37. The third kappa shape index (κ3) is 2.99. The van der Waals surface area contributed by atoms with E-state index in [-0.39, 0.29) is 6.17 Å². The van der Waals surface area contributed by atoms with Gasteiger partial charge in [0.1, 0.15) is 6.17 Å². The number of nitrogens with zero attached hydrogens (tertiary/aromatic N) is 3. The zero-order valence-corrected chi connectivity index (χ0v) is 15.9. The summed E-state index contributed by atoms with van der Waals surface area (Å²) < 4.78 is 0. The van der Waals surface area contributed by atoms with Gasteiger partial charge in [0, 0.05) is 24.5 Å². The van der Waals surface area contributed by atoms with Gasteiger partial charge in [-0.15, -0.1) is 0 Å². The summed E-state index contributed by atoms with van der Waals surface area (Å²) in [5, 5.41) is 0. The van der Waals surface area contributed by atoms with Gasteiger partial charge in [0.05, 0.1) is 11.4 Å². The molecule has 0 aromatic heterocycles. The molecule has 1 saturated heterocycles. The minimum atomic E-state index is 0.106. The molecule has 0 bridgehead atoms. The number of hydrogen-bond acceptors (Lipinski definition) is 3. The zero-order valence-electron chi connectivity index (χ0n) is 15.9. The standard InChI is InChI=1S/C22H26N4/c1-15-10-6-8-12-19(15)17(3)24-22-21(14-23)25(5)18(4)26(22)20-13-9-7-11-16(20)2/h6-14,18H,3,23H2,1-2,4-5H3/b21-14+,24-22+. The number of nitrogens with two attached hydrogens (primary N) is 1. The number of para-hydroxylation sites is 1. The van der Waals surface area contributed by atoms with Crippen LogP contribution >= 0.6 is 0 Å². The summed E-state index contributed by atoms with van der Waals surface area (Å²) in [5.74, 6) is 0.824. The summed E-state index contributed by atoms with van der Waals surface area (Å²) in [6.45, 7) is 10.5. The van der Waals surface area contributed by atoms with E-state index in [1.807, 2.05) is 37.4 Å². The highest BCUT2D eigenvalue weighted by Gasteiger charge is 2.36. The molecule has 4 heteroatoms. The lowest BCUT2D eigenvalue weighted by Crippen LogP contribution is -2.36. The highest BCUT2D eigenvalue weighted by molar-refractivity contribution is 6.14. The SMILES string of the molecule is C=C(/N=C1\C(=C/N)N(C)C(C)N1c1ccccc1C)c1ccccc1C. The Bertz CT molecular complexity index is 895. The van der Waals surface area contributed by atoms with Crippen molar-refractivity contribution in [2.75, 3.05) is 11.9 Å². The topological polar surface area (TPSA) is 44.9 Å². The van der Waals surface area contributed by atoms with Gasteiger partial charge in [0.15, 0.2) is 5.84 Å². The molecular formula is C22H26N4. The lowest BCUT2D eigenvalue weighted by atomic mass is 10.1. The zero-order chi connectivity index (χ0) is 18.8. The molecular weight excluding hydrogens is 320 g/mol. The molecule has 1 heterocycles. The van der Waals surface area contributed by atoms with Crippen molar-refractivity contribution in [2.24, 2.45) is 10.7 Å². The van der Waals surface area contributed by atoms with Crippen LogP contribution in [0.15, 0.2) is 72.0 Å².